The summed E-state index contributed by atoms with van der Waals surface area (Å²) in [6.07, 6.45) is 3.54. The summed E-state index contributed by atoms with van der Waals surface area (Å²) in [7, 11) is 0. The number of halogens is 1. The van der Waals surface area contributed by atoms with Gasteiger partial charge in [0.05, 0.1) is 5.69 Å². The summed E-state index contributed by atoms with van der Waals surface area (Å²) in [5.41, 5.74) is 6.20. The second-order valence-electron chi connectivity index (χ2n) is 3.78. The third-order valence-electron chi connectivity index (χ3n) is 2.89. The molecule has 0 spiro atoms. The van der Waals surface area contributed by atoms with Gasteiger partial charge in [0.15, 0.2) is 0 Å². The van der Waals surface area contributed by atoms with E-state index in [0.29, 0.717) is 5.69 Å². The Morgan fingerprint density at radius 2 is 2.31 bits per heavy atom. The van der Waals surface area contributed by atoms with Crippen LogP contribution in [-0.4, -0.2) is 11.0 Å². The lowest BCUT2D eigenvalue weighted by Gasteiger charge is -2.18. The van der Waals surface area contributed by atoms with Gasteiger partial charge in [0.2, 0.25) is 0 Å². The van der Waals surface area contributed by atoms with E-state index >= 15 is 0 Å². The largest absolute Gasteiger partial charge is 0.327 e. The monoisotopic (exact) mass is 180 g/mol. The quantitative estimate of drug-likeness (QED) is 0.750. The first kappa shape index (κ1) is 8.63. The van der Waals surface area contributed by atoms with Gasteiger partial charge >= 0.3 is 0 Å². The van der Waals surface area contributed by atoms with Gasteiger partial charge in [-0.2, -0.15) is 0 Å². The van der Waals surface area contributed by atoms with Crippen LogP contribution >= 0.6 is 0 Å². The highest BCUT2D eigenvalue weighted by Crippen LogP contribution is 2.50. The number of hydrogen-bond donors (Lipinski definition) is 1. The van der Waals surface area contributed by atoms with Crippen LogP contribution < -0.4 is 5.73 Å². The molecule has 2 nitrogen and oxygen atoms in total. The van der Waals surface area contributed by atoms with Crippen molar-refractivity contribution in [3.63, 3.8) is 0 Å². The summed E-state index contributed by atoms with van der Waals surface area (Å²) in [6.45, 7) is 1.92. The molecule has 1 unspecified atom stereocenters. The van der Waals surface area contributed by atoms with Crippen molar-refractivity contribution in [3.05, 3.63) is 29.8 Å². The van der Waals surface area contributed by atoms with Crippen LogP contribution in [0.4, 0.5) is 4.39 Å². The number of aromatic nitrogens is 1. The zero-order valence-corrected chi connectivity index (χ0v) is 7.63. The van der Waals surface area contributed by atoms with E-state index in [1.165, 1.54) is 6.07 Å². The molecular weight excluding hydrogens is 167 g/mol. The molecule has 1 aliphatic rings. The Hall–Kier alpha value is -0.960. The number of rotatable bonds is 2. The van der Waals surface area contributed by atoms with Gasteiger partial charge in [0.25, 0.3) is 0 Å². The van der Waals surface area contributed by atoms with Crippen molar-refractivity contribution in [2.45, 2.75) is 31.2 Å². The standard InChI is InChI=1S/C10H13FN2/c1-7(12)10(4-5-10)9-8(11)3-2-6-13-9/h2-3,6-7H,4-5,12H2,1H3. The van der Waals surface area contributed by atoms with Crippen LogP contribution in [0.25, 0.3) is 0 Å². The molecule has 0 amide bonds. The summed E-state index contributed by atoms with van der Waals surface area (Å²) in [5.74, 6) is -0.225. The van der Waals surface area contributed by atoms with Crippen LogP contribution in [0.1, 0.15) is 25.5 Å². The molecule has 1 aliphatic carbocycles. The maximum absolute atomic E-state index is 13.4. The summed E-state index contributed by atoms with van der Waals surface area (Å²) in [4.78, 5) is 4.08. The van der Waals surface area contributed by atoms with Gasteiger partial charge in [-0.15, -0.1) is 0 Å². The average molecular weight is 180 g/mol. The number of nitrogens with zero attached hydrogens (tertiary/aromatic N) is 1. The Kier molecular flexibility index (Phi) is 1.84. The molecule has 0 aliphatic heterocycles. The molecule has 1 fully saturated rings. The fourth-order valence-electron chi connectivity index (χ4n) is 1.79. The maximum Gasteiger partial charge on any atom is 0.145 e. The third-order valence-corrected chi connectivity index (χ3v) is 2.89. The highest BCUT2D eigenvalue weighted by Gasteiger charge is 2.50. The molecule has 1 atom stereocenters. The molecule has 0 saturated heterocycles. The SMILES string of the molecule is CC(N)C1(c2ncccc2F)CC1. The van der Waals surface area contributed by atoms with Gasteiger partial charge in [-0.25, -0.2) is 4.39 Å². The fourth-order valence-corrected chi connectivity index (χ4v) is 1.79. The van der Waals surface area contributed by atoms with Crippen LogP contribution in [0.3, 0.4) is 0 Å². The number of pyridine rings is 1. The van der Waals surface area contributed by atoms with Crippen molar-refractivity contribution in [3.8, 4) is 0 Å². The Balaban J connectivity index is 2.41. The van der Waals surface area contributed by atoms with E-state index in [2.05, 4.69) is 4.98 Å². The Morgan fingerprint density at radius 1 is 1.62 bits per heavy atom. The molecule has 0 bridgehead atoms. The van der Waals surface area contributed by atoms with Crippen LogP contribution in [0.2, 0.25) is 0 Å². The average Bonchev–Trinajstić information content (AvgIpc) is 2.85. The van der Waals surface area contributed by atoms with Crippen molar-refractivity contribution in [1.82, 2.24) is 4.98 Å². The summed E-state index contributed by atoms with van der Waals surface area (Å²) in [5, 5.41) is 0. The van der Waals surface area contributed by atoms with E-state index < -0.39 is 0 Å². The first-order valence-corrected chi connectivity index (χ1v) is 4.53. The molecule has 3 heteroatoms. The third kappa shape index (κ3) is 1.23. The predicted molar refractivity (Wildman–Crippen MR) is 48.8 cm³/mol. The molecule has 70 valence electrons. The second kappa shape index (κ2) is 2.77. The van der Waals surface area contributed by atoms with E-state index in [-0.39, 0.29) is 17.3 Å². The number of hydrogen-bond acceptors (Lipinski definition) is 2. The van der Waals surface area contributed by atoms with Crippen molar-refractivity contribution in [2.75, 3.05) is 0 Å². The lowest BCUT2D eigenvalue weighted by molar-refractivity contribution is 0.495. The molecule has 2 rings (SSSR count). The van der Waals surface area contributed by atoms with Gasteiger partial charge in [0, 0.05) is 17.7 Å². The van der Waals surface area contributed by atoms with E-state index in [9.17, 15) is 4.39 Å². The summed E-state index contributed by atoms with van der Waals surface area (Å²) in [6, 6.07) is 3.04. The zero-order valence-electron chi connectivity index (χ0n) is 7.63. The minimum atomic E-state index is -0.225. The molecule has 2 N–H and O–H groups in total. The van der Waals surface area contributed by atoms with Crippen LogP contribution in [-0.2, 0) is 5.41 Å². The Bertz CT molecular complexity index is 318. The second-order valence-corrected chi connectivity index (χ2v) is 3.78. The maximum atomic E-state index is 13.4. The molecule has 1 aromatic rings. The molecule has 1 saturated carbocycles. The van der Waals surface area contributed by atoms with Crippen LogP contribution in [0.5, 0.6) is 0 Å². The smallest absolute Gasteiger partial charge is 0.145 e. The zero-order chi connectivity index (χ0) is 9.47. The molecule has 1 heterocycles. The lowest BCUT2D eigenvalue weighted by Crippen LogP contribution is -2.33. The first-order valence-electron chi connectivity index (χ1n) is 4.53. The van der Waals surface area contributed by atoms with Crippen molar-refractivity contribution in [2.24, 2.45) is 5.73 Å². The summed E-state index contributed by atoms with van der Waals surface area (Å²) >= 11 is 0. The topological polar surface area (TPSA) is 38.9 Å². The molecule has 1 aromatic heterocycles. The van der Waals surface area contributed by atoms with Gasteiger partial charge in [-0.05, 0) is 31.9 Å². The van der Waals surface area contributed by atoms with Crippen LogP contribution in [0, 0.1) is 5.82 Å². The molecular formula is C10H13FN2. The molecule has 0 aromatic carbocycles. The lowest BCUT2D eigenvalue weighted by atomic mass is 9.93. The fraction of sp³-hybridized carbons (Fsp3) is 0.500. The molecule has 13 heavy (non-hydrogen) atoms. The Morgan fingerprint density at radius 3 is 2.77 bits per heavy atom. The van der Waals surface area contributed by atoms with Gasteiger partial charge in [-0.1, -0.05) is 0 Å². The minimum Gasteiger partial charge on any atom is -0.327 e. The highest BCUT2D eigenvalue weighted by molar-refractivity contribution is 5.28. The summed E-state index contributed by atoms with van der Waals surface area (Å²) < 4.78 is 13.4. The van der Waals surface area contributed by atoms with Crippen molar-refractivity contribution in [1.29, 1.82) is 0 Å². The van der Waals surface area contributed by atoms with E-state index in [0.717, 1.165) is 12.8 Å². The van der Waals surface area contributed by atoms with Gasteiger partial charge < -0.3 is 5.73 Å². The minimum absolute atomic E-state index is 0.0168. The normalized spacial score (nSPS) is 21.2. The predicted octanol–water partition coefficient (Wildman–Crippen LogP) is 1.60. The van der Waals surface area contributed by atoms with E-state index in [1.54, 1.807) is 12.3 Å². The first-order chi connectivity index (χ1) is 6.17. The van der Waals surface area contributed by atoms with E-state index in [4.69, 9.17) is 5.73 Å². The van der Waals surface area contributed by atoms with Gasteiger partial charge in [-0.3, -0.25) is 4.98 Å². The number of nitrogens with two attached hydrogens (primary N) is 1. The van der Waals surface area contributed by atoms with Crippen molar-refractivity contribution < 1.29 is 4.39 Å². The van der Waals surface area contributed by atoms with Crippen LogP contribution in [0.15, 0.2) is 18.3 Å². The highest BCUT2D eigenvalue weighted by atomic mass is 19.1. The molecule has 0 radical (unpaired) electrons. The van der Waals surface area contributed by atoms with Crippen molar-refractivity contribution >= 4 is 0 Å². The van der Waals surface area contributed by atoms with E-state index in [1.807, 2.05) is 6.92 Å². The Labute approximate surface area is 77.0 Å². The van der Waals surface area contributed by atoms with Gasteiger partial charge in [0.1, 0.15) is 5.82 Å².